The number of rotatable bonds is 9. The summed E-state index contributed by atoms with van der Waals surface area (Å²) in [7, 11) is -5.11. The first kappa shape index (κ1) is 23.5. The van der Waals surface area contributed by atoms with Crippen molar-refractivity contribution in [2.45, 2.75) is 37.1 Å². The SMILES string of the molecule is CCCS(=O)(=O)N1CCC(NC(=NC)NCCNS(=O)(=O)c2cccnc2)CC1. The van der Waals surface area contributed by atoms with Gasteiger partial charge in [-0.15, -0.1) is 0 Å². The van der Waals surface area contributed by atoms with E-state index in [9.17, 15) is 16.8 Å². The summed E-state index contributed by atoms with van der Waals surface area (Å²) in [6.45, 7) is 3.37. The summed E-state index contributed by atoms with van der Waals surface area (Å²) < 4.78 is 52.6. The van der Waals surface area contributed by atoms with Crippen LogP contribution in [-0.2, 0) is 20.0 Å². The molecule has 0 amide bonds. The van der Waals surface area contributed by atoms with Gasteiger partial charge in [0.25, 0.3) is 0 Å². The maximum absolute atomic E-state index is 12.1. The normalized spacial score (nSPS) is 17.2. The Morgan fingerprint density at radius 3 is 2.55 bits per heavy atom. The van der Waals surface area contributed by atoms with Crippen molar-refractivity contribution in [1.82, 2.24) is 24.6 Å². The Kier molecular flexibility index (Phi) is 8.80. The quantitative estimate of drug-likeness (QED) is 0.270. The van der Waals surface area contributed by atoms with E-state index in [2.05, 4.69) is 25.3 Å². The molecule has 2 heterocycles. The van der Waals surface area contributed by atoms with Crippen molar-refractivity contribution in [3.05, 3.63) is 24.5 Å². The first-order chi connectivity index (χ1) is 13.8. The summed E-state index contributed by atoms with van der Waals surface area (Å²) in [5, 5.41) is 6.34. The lowest BCUT2D eigenvalue weighted by Gasteiger charge is -2.32. The molecule has 0 unspecified atom stereocenters. The number of pyridine rings is 1. The van der Waals surface area contributed by atoms with Crippen molar-refractivity contribution in [3.8, 4) is 0 Å². The second-order valence-electron chi connectivity index (χ2n) is 6.72. The monoisotopic (exact) mass is 446 g/mol. The summed E-state index contributed by atoms with van der Waals surface area (Å²) in [5.74, 6) is 0.740. The lowest BCUT2D eigenvalue weighted by atomic mass is 10.1. The molecule has 1 aromatic rings. The fraction of sp³-hybridized carbons (Fsp3) is 0.647. The molecule has 10 nitrogen and oxygen atoms in total. The minimum atomic E-state index is -3.59. The molecule has 0 radical (unpaired) electrons. The molecule has 0 spiro atoms. The van der Waals surface area contributed by atoms with Gasteiger partial charge >= 0.3 is 0 Å². The molecule has 1 fully saturated rings. The molecule has 164 valence electrons. The Morgan fingerprint density at radius 1 is 1.24 bits per heavy atom. The van der Waals surface area contributed by atoms with E-state index >= 15 is 0 Å². The number of aliphatic imine (C=N–C) groups is 1. The van der Waals surface area contributed by atoms with Gasteiger partial charge in [0, 0.05) is 51.7 Å². The second kappa shape index (κ2) is 10.9. The summed E-state index contributed by atoms with van der Waals surface area (Å²) >= 11 is 0. The third-order valence-corrected chi connectivity index (χ3v) is 8.05. The first-order valence-corrected chi connectivity index (χ1v) is 12.7. The number of hydrogen-bond acceptors (Lipinski definition) is 6. The van der Waals surface area contributed by atoms with Crippen LogP contribution in [-0.4, -0.2) is 77.1 Å². The van der Waals surface area contributed by atoms with Gasteiger partial charge in [-0.3, -0.25) is 9.98 Å². The topological polar surface area (TPSA) is 133 Å². The zero-order valence-corrected chi connectivity index (χ0v) is 18.5. The predicted molar refractivity (Wildman–Crippen MR) is 113 cm³/mol. The lowest BCUT2D eigenvalue weighted by molar-refractivity contribution is 0.306. The Hall–Kier alpha value is -1.76. The van der Waals surface area contributed by atoms with E-state index in [1.807, 2.05) is 6.92 Å². The molecule has 1 aliphatic rings. The van der Waals surface area contributed by atoms with Crippen LogP contribution in [0, 0.1) is 0 Å². The highest BCUT2D eigenvalue weighted by Crippen LogP contribution is 2.15. The van der Waals surface area contributed by atoms with Crippen LogP contribution in [0.5, 0.6) is 0 Å². The number of hydrogen-bond donors (Lipinski definition) is 3. The van der Waals surface area contributed by atoms with Crippen molar-refractivity contribution >= 4 is 26.0 Å². The van der Waals surface area contributed by atoms with Gasteiger partial charge in [-0.25, -0.2) is 25.9 Å². The summed E-state index contributed by atoms with van der Waals surface area (Å²) in [6, 6.07) is 3.16. The lowest BCUT2D eigenvalue weighted by Crippen LogP contribution is -2.50. The van der Waals surface area contributed by atoms with Gasteiger partial charge in [0.15, 0.2) is 5.96 Å². The van der Waals surface area contributed by atoms with E-state index in [-0.39, 0.29) is 23.2 Å². The van der Waals surface area contributed by atoms with Gasteiger partial charge < -0.3 is 10.6 Å². The van der Waals surface area contributed by atoms with E-state index in [1.165, 1.54) is 18.5 Å². The number of guanidine groups is 1. The number of nitrogens with one attached hydrogen (secondary N) is 3. The highest BCUT2D eigenvalue weighted by atomic mass is 32.2. The number of sulfonamides is 2. The van der Waals surface area contributed by atoms with Gasteiger partial charge in [0.1, 0.15) is 4.90 Å². The Balaban J connectivity index is 1.74. The van der Waals surface area contributed by atoms with Crippen LogP contribution in [0.2, 0.25) is 0 Å². The molecule has 0 atom stereocenters. The van der Waals surface area contributed by atoms with Crippen molar-refractivity contribution < 1.29 is 16.8 Å². The van der Waals surface area contributed by atoms with Crippen molar-refractivity contribution in [2.75, 3.05) is 39.0 Å². The summed E-state index contributed by atoms with van der Waals surface area (Å²) in [5.41, 5.74) is 0. The smallest absolute Gasteiger partial charge is 0.242 e. The Bertz CT molecular complexity index is 866. The molecule has 0 bridgehead atoms. The fourth-order valence-electron chi connectivity index (χ4n) is 3.01. The van der Waals surface area contributed by atoms with Crippen LogP contribution >= 0.6 is 0 Å². The molecule has 1 aliphatic heterocycles. The van der Waals surface area contributed by atoms with Crippen LogP contribution in [0.25, 0.3) is 0 Å². The van der Waals surface area contributed by atoms with Crippen LogP contribution in [0.3, 0.4) is 0 Å². The van der Waals surface area contributed by atoms with Gasteiger partial charge in [0.05, 0.1) is 5.75 Å². The molecular weight excluding hydrogens is 416 g/mol. The van der Waals surface area contributed by atoms with Crippen molar-refractivity contribution in [3.63, 3.8) is 0 Å². The van der Waals surface area contributed by atoms with Crippen LogP contribution < -0.4 is 15.4 Å². The van der Waals surface area contributed by atoms with Crippen molar-refractivity contribution in [1.29, 1.82) is 0 Å². The van der Waals surface area contributed by atoms with E-state index < -0.39 is 20.0 Å². The molecule has 1 aromatic heterocycles. The average Bonchev–Trinajstić information content (AvgIpc) is 2.71. The molecule has 2 rings (SSSR count). The first-order valence-electron chi connectivity index (χ1n) is 9.63. The Labute approximate surface area is 173 Å². The number of aromatic nitrogens is 1. The highest BCUT2D eigenvalue weighted by molar-refractivity contribution is 7.89. The van der Waals surface area contributed by atoms with Crippen LogP contribution in [0.4, 0.5) is 0 Å². The molecule has 3 N–H and O–H groups in total. The Morgan fingerprint density at radius 2 is 1.97 bits per heavy atom. The van der Waals surface area contributed by atoms with E-state index in [4.69, 9.17) is 0 Å². The van der Waals surface area contributed by atoms with E-state index in [0.29, 0.717) is 44.9 Å². The number of piperidine rings is 1. The molecule has 0 aliphatic carbocycles. The average molecular weight is 447 g/mol. The van der Waals surface area contributed by atoms with Gasteiger partial charge in [-0.2, -0.15) is 0 Å². The maximum Gasteiger partial charge on any atom is 0.242 e. The zero-order chi connectivity index (χ0) is 21.3. The van der Waals surface area contributed by atoms with Crippen LogP contribution in [0.1, 0.15) is 26.2 Å². The highest BCUT2D eigenvalue weighted by Gasteiger charge is 2.27. The molecule has 29 heavy (non-hydrogen) atoms. The fourth-order valence-corrected chi connectivity index (χ4v) is 5.55. The van der Waals surface area contributed by atoms with E-state index in [0.717, 1.165) is 0 Å². The minimum Gasteiger partial charge on any atom is -0.355 e. The molecule has 1 saturated heterocycles. The van der Waals surface area contributed by atoms with Crippen LogP contribution in [0.15, 0.2) is 34.4 Å². The minimum absolute atomic E-state index is 0.112. The van der Waals surface area contributed by atoms with Gasteiger partial charge in [-0.05, 0) is 31.4 Å². The van der Waals surface area contributed by atoms with Crippen molar-refractivity contribution in [2.24, 2.45) is 4.99 Å². The third-order valence-electron chi connectivity index (χ3n) is 4.53. The number of nitrogens with zero attached hydrogens (tertiary/aromatic N) is 3. The standard InChI is InChI=1S/C17H30N6O4S2/c1-3-13-28(24,25)23-11-6-15(7-12-23)22-17(18-2)20-9-10-21-29(26,27)16-5-4-8-19-14-16/h4-5,8,14-15,21H,3,6-7,9-13H2,1-2H3,(H2,18,20,22). The molecule has 0 aromatic carbocycles. The predicted octanol–water partition coefficient (Wildman–Crippen LogP) is -0.271. The van der Waals surface area contributed by atoms with Gasteiger partial charge in [0.2, 0.25) is 20.0 Å². The van der Waals surface area contributed by atoms with Gasteiger partial charge in [-0.1, -0.05) is 6.92 Å². The third kappa shape index (κ3) is 7.21. The maximum atomic E-state index is 12.1. The molecule has 12 heteroatoms. The summed E-state index contributed by atoms with van der Waals surface area (Å²) in [6.07, 6.45) is 4.80. The largest absolute Gasteiger partial charge is 0.355 e. The second-order valence-corrected chi connectivity index (χ2v) is 10.6. The van der Waals surface area contributed by atoms with E-state index in [1.54, 1.807) is 17.4 Å². The molecule has 0 saturated carbocycles. The molecular formula is C17H30N6O4S2. The summed E-state index contributed by atoms with van der Waals surface area (Å²) in [4.78, 5) is 8.08. The zero-order valence-electron chi connectivity index (χ0n) is 16.8.